The molecular formula is C15H27BNNaO2. The summed E-state index contributed by atoms with van der Waals surface area (Å²) < 4.78 is 5.39. The van der Waals surface area contributed by atoms with Crippen molar-refractivity contribution < 1.29 is 39.4 Å². The predicted octanol–water partition coefficient (Wildman–Crippen LogP) is -2.46. The zero-order valence-electron chi connectivity index (χ0n) is 12.4. The summed E-state index contributed by atoms with van der Waals surface area (Å²) in [5.41, 5.74) is 1.08. The fourth-order valence-corrected chi connectivity index (χ4v) is 2.69. The van der Waals surface area contributed by atoms with Crippen LogP contribution in [-0.2, 0) is 6.42 Å². The van der Waals surface area contributed by atoms with Crippen LogP contribution in [0.3, 0.4) is 0 Å². The van der Waals surface area contributed by atoms with E-state index in [1.54, 1.807) is 7.11 Å². The second-order valence-electron chi connectivity index (χ2n) is 5.65. The van der Waals surface area contributed by atoms with Gasteiger partial charge in [0.2, 0.25) is 0 Å². The molecule has 2 N–H and O–H groups in total. The Morgan fingerprint density at radius 2 is 2.00 bits per heavy atom. The van der Waals surface area contributed by atoms with E-state index in [4.69, 9.17) is 4.74 Å². The number of hydrogen-bond acceptors (Lipinski definition) is 3. The fourth-order valence-electron chi connectivity index (χ4n) is 2.69. The third kappa shape index (κ3) is 4.25. The van der Waals surface area contributed by atoms with E-state index in [0.29, 0.717) is 0 Å². The second-order valence-corrected chi connectivity index (χ2v) is 5.65. The minimum atomic E-state index is -0.238. The molecule has 1 fully saturated rings. The summed E-state index contributed by atoms with van der Waals surface area (Å²) in [6.07, 6.45) is 1.47. The molecule has 2 unspecified atom stereocenters. The van der Waals surface area contributed by atoms with E-state index in [2.05, 4.69) is 25.2 Å². The molecule has 0 radical (unpaired) electrons. The Morgan fingerprint density at radius 3 is 2.65 bits per heavy atom. The molecule has 1 aliphatic heterocycles. The van der Waals surface area contributed by atoms with Gasteiger partial charge in [0.1, 0.15) is 5.75 Å². The molecule has 0 saturated carbocycles. The quantitative estimate of drug-likeness (QED) is 0.606. The number of para-hydroxylation sites is 1. The van der Waals surface area contributed by atoms with Crippen molar-refractivity contribution >= 4 is 8.41 Å². The molecule has 0 amide bonds. The average molecular weight is 287 g/mol. The van der Waals surface area contributed by atoms with Gasteiger partial charge in [-0.05, 0) is 31.0 Å². The predicted molar refractivity (Wildman–Crippen MR) is 84.2 cm³/mol. The molecule has 1 aromatic rings. The van der Waals surface area contributed by atoms with Crippen LogP contribution in [-0.4, -0.2) is 39.3 Å². The van der Waals surface area contributed by atoms with Crippen molar-refractivity contribution in [2.75, 3.05) is 13.7 Å². The van der Waals surface area contributed by atoms with Crippen LogP contribution in [0.1, 0.15) is 25.8 Å². The van der Waals surface area contributed by atoms with Crippen LogP contribution in [0.15, 0.2) is 24.3 Å². The standard InChI is InChI=1S/C15H23NO2.BH4.Na/c1-15(2)13(16-9-8-14(15)17)10-11-6-4-5-7-12(11)18-3;;/h4-7,13-14,16-17H,8-10H2,1-3H3;1H4;/q;-1;+1. The van der Waals surface area contributed by atoms with Crippen molar-refractivity contribution in [3.8, 4) is 5.75 Å². The van der Waals surface area contributed by atoms with Crippen molar-refractivity contribution in [3.05, 3.63) is 29.8 Å². The molecule has 2 atom stereocenters. The van der Waals surface area contributed by atoms with E-state index in [-0.39, 0.29) is 55.5 Å². The van der Waals surface area contributed by atoms with Crippen LogP contribution >= 0.6 is 0 Å². The molecule has 0 bridgehead atoms. The van der Waals surface area contributed by atoms with Crippen molar-refractivity contribution in [1.82, 2.24) is 5.32 Å². The molecule has 0 spiro atoms. The average Bonchev–Trinajstić information content (AvgIpc) is 2.36. The van der Waals surface area contributed by atoms with Gasteiger partial charge in [-0.25, -0.2) is 0 Å². The number of aliphatic hydroxyl groups excluding tert-OH is 1. The number of methoxy groups -OCH3 is 1. The van der Waals surface area contributed by atoms with Crippen molar-refractivity contribution in [2.45, 2.75) is 38.8 Å². The van der Waals surface area contributed by atoms with Crippen LogP contribution in [0, 0.1) is 5.41 Å². The maximum atomic E-state index is 10.1. The molecule has 1 saturated heterocycles. The topological polar surface area (TPSA) is 41.5 Å². The molecule has 2 rings (SSSR count). The van der Waals surface area contributed by atoms with E-state index >= 15 is 0 Å². The van der Waals surface area contributed by atoms with Crippen LogP contribution < -0.4 is 39.6 Å². The van der Waals surface area contributed by atoms with Gasteiger partial charge < -0.3 is 15.2 Å². The summed E-state index contributed by atoms with van der Waals surface area (Å²) in [5, 5.41) is 13.7. The second kappa shape index (κ2) is 8.45. The first kappa shape index (κ1) is 20.0. The smallest absolute Gasteiger partial charge is 0.496 e. The minimum absolute atomic E-state index is 0. The molecular weight excluding hydrogens is 260 g/mol. The molecule has 0 aliphatic carbocycles. The van der Waals surface area contributed by atoms with Gasteiger partial charge in [-0.15, -0.1) is 0 Å². The van der Waals surface area contributed by atoms with Gasteiger partial charge in [0, 0.05) is 11.5 Å². The van der Waals surface area contributed by atoms with E-state index in [1.165, 1.54) is 5.56 Å². The van der Waals surface area contributed by atoms with Gasteiger partial charge >= 0.3 is 29.6 Å². The maximum absolute atomic E-state index is 10.1. The first-order chi connectivity index (χ1) is 8.55. The molecule has 3 nitrogen and oxygen atoms in total. The summed E-state index contributed by atoms with van der Waals surface area (Å²) in [7, 11) is 1.70. The molecule has 20 heavy (non-hydrogen) atoms. The Labute approximate surface area is 146 Å². The molecule has 1 aromatic carbocycles. The van der Waals surface area contributed by atoms with Crippen molar-refractivity contribution in [3.63, 3.8) is 0 Å². The molecule has 1 heterocycles. The number of aliphatic hydroxyl groups is 1. The van der Waals surface area contributed by atoms with Crippen molar-refractivity contribution in [1.29, 1.82) is 0 Å². The molecule has 1 aliphatic rings. The number of benzene rings is 1. The zero-order valence-corrected chi connectivity index (χ0v) is 14.4. The Morgan fingerprint density at radius 1 is 1.35 bits per heavy atom. The van der Waals surface area contributed by atoms with E-state index in [1.807, 2.05) is 18.2 Å². The molecule has 108 valence electrons. The largest absolute Gasteiger partial charge is 1.00 e. The van der Waals surface area contributed by atoms with E-state index in [9.17, 15) is 5.11 Å². The van der Waals surface area contributed by atoms with Gasteiger partial charge in [-0.1, -0.05) is 40.5 Å². The zero-order chi connectivity index (χ0) is 13.2. The minimum Gasteiger partial charge on any atom is -0.496 e. The SMILES string of the molecule is COc1ccccc1CC1NCCC(O)C1(C)C.[BH4-].[Na+]. The van der Waals surface area contributed by atoms with Gasteiger partial charge in [0.25, 0.3) is 0 Å². The van der Waals surface area contributed by atoms with Gasteiger partial charge in [-0.2, -0.15) is 0 Å². The van der Waals surface area contributed by atoms with Gasteiger partial charge in [-0.3, -0.25) is 0 Å². The Balaban J connectivity index is 0.00000180. The Hall–Kier alpha value is 0.00494. The summed E-state index contributed by atoms with van der Waals surface area (Å²) in [5.74, 6) is 0.926. The van der Waals surface area contributed by atoms with Crippen molar-refractivity contribution in [2.24, 2.45) is 5.41 Å². The Bertz CT molecular complexity index is 415. The van der Waals surface area contributed by atoms with Crippen LogP contribution in [0.2, 0.25) is 0 Å². The van der Waals surface area contributed by atoms with Crippen LogP contribution in [0.5, 0.6) is 5.75 Å². The number of rotatable bonds is 3. The summed E-state index contributed by atoms with van der Waals surface area (Å²) in [6.45, 7) is 5.14. The first-order valence-corrected chi connectivity index (χ1v) is 6.59. The third-order valence-corrected chi connectivity index (χ3v) is 4.18. The number of piperidine rings is 1. The number of ether oxygens (including phenoxy) is 1. The molecule has 0 aromatic heterocycles. The van der Waals surface area contributed by atoms with E-state index in [0.717, 1.165) is 25.1 Å². The number of hydrogen-bond donors (Lipinski definition) is 2. The first-order valence-electron chi connectivity index (χ1n) is 6.59. The monoisotopic (exact) mass is 287 g/mol. The summed E-state index contributed by atoms with van der Waals surface area (Å²) >= 11 is 0. The number of nitrogens with one attached hydrogen (secondary N) is 1. The van der Waals surface area contributed by atoms with Gasteiger partial charge in [0.05, 0.1) is 13.2 Å². The third-order valence-electron chi connectivity index (χ3n) is 4.18. The van der Waals surface area contributed by atoms with Crippen LogP contribution in [0.25, 0.3) is 0 Å². The summed E-state index contributed by atoms with van der Waals surface area (Å²) in [6, 6.07) is 8.37. The maximum Gasteiger partial charge on any atom is 1.00 e. The van der Waals surface area contributed by atoms with Gasteiger partial charge in [0.15, 0.2) is 0 Å². The summed E-state index contributed by atoms with van der Waals surface area (Å²) in [4.78, 5) is 0. The van der Waals surface area contributed by atoms with E-state index < -0.39 is 0 Å². The molecule has 5 heteroatoms. The normalized spacial score (nSPS) is 24.2. The fraction of sp³-hybridized carbons (Fsp3) is 0.600. The Kier molecular flexibility index (Phi) is 8.45. The van der Waals surface area contributed by atoms with Crippen LogP contribution in [0.4, 0.5) is 0 Å².